The third-order valence-electron chi connectivity index (χ3n) is 6.01. The van der Waals surface area contributed by atoms with Crippen LogP contribution < -0.4 is 0 Å². The molecule has 0 amide bonds. The predicted octanol–water partition coefficient (Wildman–Crippen LogP) is 6.52. The number of hydrogen-bond donors (Lipinski definition) is 1. The lowest BCUT2D eigenvalue weighted by atomic mass is 9.94. The Morgan fingerprint density at radius 2 is 1.82 bits per heavy atom. The Labute approximate surface area is 193 Å². The number of carbonyl (C=O) groups is 1. The van der Waals surface area contributed by atoms with Crippen molar-refractivity contribution in [2.75, 3.05) is 0 Å². The summed E-state index contributed by atoms with van der Waals surface area (Å²) in [6.07, 6.45) is -1.20. The zero-order valence-electron chi connectivity index (χ0n) is 18.4. The second kappa shape index (κ2) is 8.13. The second-order valence-electron chi connectivity index (χ2n) is 8.50. The number of aromatic nitrogens is 2. The molecule has 2 aromatic heterocycles. The number of pyridine rings is 1. The molecule has 3 heterocycles. The van der Waals surface area contributed by atoms with Crippen LogP contribution in [-0.2, 0) is 6.54 Å². The van der Waals surface area contributed by atoms with E-state index in [-0.39, 0.29) is 17.3 Å². The molecule has 172 valence electrons. The summed E-state index contributed by atoms with van der Waals surface area (Å²) in [6.45, 7) is 4.39. The van der Waals surface area contributed by atoms with Gasteiger partial charge in [0.05, 0.1) is 12.1 Å². The van der Waals surface area contributed by atoms with Gasteiger partial charge in [-0.25, -0.2) is 22.9 Å². The van der Waals surface area contributed by atoms with Crippen LogP contribution in [0.15, 0.2) is 53.5 Å². The second-order valence-corrected chi connectivity index (χ2v) is 8.50. The standard InChI is InChI=1S/C26H20F3N3O2/c1-13(2)24-22(18-7-8-20(26(33)34)31-23(18)25(28)29)19-9-14-11-30-12-15(14)10-21(19)32(24)17-5-3-16(27)4-6-17/h3-10,12-13,25H,11H2,1-2H3,(H,33,34). The molecule has 0 atom stereocenters. The summed E-state index contributed by atoms with van der Waals surface area (Å²) in [5.41, 5.74) is 3.80. The summed E-state index contributed by atoms with van der Waals surface area (Å²) in [4.78, 5) is 19.5. The predicted molar refractivity (Wildman–Crippen MR) is 124 cm³/mol. The Hall–Kier alpha value is -3.94. The van der Waals surface area contributed by atoms with Crippen LogP contribution in [0.4, 0.5) is 13.2 Å². The van der Waals surface area contributed by atoms with Gasteiger partial charge in [-0.2, -0.15) is 0 Å². The minimum absolute atomic E-state index is 0.111. The summed E-state index contributed by atoms with van der Waals surface area (Å²) >= 11 is 0. The van der Waals surface area contributed by atoms with E-state index in [1.54, 1.807) is 18.3 Å². The van der Waals surface area contributed by atoms with E-state index in [9.17, 15) is 23.1 Å². The van der Waals surface area contributed by atoms with Crippen molar-refractivity contribution in [2.24, 2.45) is 4.99 Å². The summed E-state index contributed by atoms with van der Waals surface area (Å²) in [5, 5.41) is 10.0. The van der Waals surface area contributed by atoms with Crippen molar-refractivity contribution >= 4 is 23.1 Å². The summed E-state index contributed by atoms with van der Waals surface area (Å²) in [7, 11) is 0. The number of carboxylic acid groups (broad SMARTS) is 1. The van der Waals surface area contributed by atoms with Gasteiger partial charge >= 0.3 is 5.97 Å². The largest absolute Gasteiger partial charge is 0.477 e. The first-order chi connectivity index (χ1) is 16.3. The molecule has 1 aliphatic heterocycles. The molecule has 0 fully saturated rings. The normalized spacial score (nSPS) is 12.8. The third kappa shape index (κ3) is 3.46. The maximum Gasteiger partial charge on any atom is 0.354 e. The quantitative estimate of drug-likeness (QED) is 0.366. The molecule has 1 aliphatic rings. The number of aromatic carboxylic acids is 1. The monoisotopic (exact) mass is 463 g/mol. The molecule has 34 heavy (non-hydrogen) atoms. The SMILES string of the molecule is CC(C)c1c(-c2ccc(C(=O)O)nc2C(F)F)c2cc3c(cc2n1-c1ccc(F)cc1)C=NC3. The number of alkyl halides is 2. The highest BCUT2D eigenvalue weighted by Gasteiger charge is 2.28. The van der Waals surface area contributed by atoms with Gasteiger partial charge < -0.3 is 9.67 Å². The fourth-order valence-electron chi connectivity index (χ4n) is 4.58. The van der Waals surface area contributed by atoms with Crippen LogP contribution >= 0.6 is 0 Å². The highest BCUT2D eigenvalue weighted by atomic mass is 19.3. The molecule has 0 saturated heterocycles. The molecule has 5 nitrogen and oxygen atoms in total. The summed E-state index contributed by atoms with van der Waals surface area (Å²) in [5.74, 6) is -1.87. The number of rotatable bonds is 5. The number of aliphatic imine (C=N–C) groups is 1. The van der Waals surface area contributed by atoms with Crippen LogP contribution in [0.5, 0.6) is 0 Å². The molecule has 0 saturated carbocycles. The topological polar surface area (TPSA) is 67.5 Å². The minimum atomic E-state index is -2.98. The molecular weight excluding hydrogens is 443 g/mol. The molecular formula is C26H20F3N3O2. The van der Waals surface area contributed by atoms with Gasteiger partial charge in [-0.1, -0.05) is 13.8 Å². The zero-order chi connectivity index (χ0) is 24.1. The highest BCUT2D eigenvalue weighted by molar-refractivity contribution is 6.04. The minimum Gasteiger partial charge on any atom is -0.477 e. The van der Waals surface area contributed by atoms with Crippen molar-refractivity contribution < 1.29 is 23.1 Å². The van der Waals surface area contributed by atoms with Crippen LogP contribution in [0, 0.1) is 5.82 Å². The van der Waals surface area contributed by atoms with E-state index in [2.05, 4.69) is 9.98 Å². The molecule has 2 aromatic carbocycles. The summed E-state index contributed by atoms with van der Waals surface area (Å²) in [6, 6.07) is 12.5. The maximum atomic E-state index is 14.2. The van der Waals surface area contributed by atoms with Gasteiger partial charge in [0.25, 0.3) is 6.43 Å². The van der Waals surface area contributed by atoms with Crippen molar-refractivity contribution in [2.45, 2.75) is 32.7 Å². The number of nitrogens with zero attached hydrogens (tertiary/aromatic N) is 3. The van der Waals surface area contributed by atoms with Crippen molar-refractivity contribution in [3.05, 3.63) is 82.6 Å². The van der Waals surface area contributed by atoms with Gasteiger partial charge in [-0.3, -0.25) is 4.99 Å². The average molecular weight is 463 g/mol. The first kappa shape index (κ1) is 21.9. The molecule has 0 aliphatic carbocycles. The van der Waals surface area contributed by atoms with Gasteiger partial charge in [-0.05, 0) is 65.6 Å². The van der Waals surface area contributed by atoms with Gasteiger partial charge in [0, 0.05) is 34.1 Å². The van der Waals surface area contributed by atoms with Crippen molar-refractivity contribution in [1.29, 1.82) is 0 Å². The van der Waals surface area contributed by atoms with Gasteiger partial charge in [-0.15, -0.1) is 0 Å². The molecule has 0 spiro atoms. The van der Waals surface area contributed by atoms with E-state index in [1.165, 1.54) is 24.3 Å². The highest BCUT2D eigenvalue weighted by Crippen LogP contribution is 2.44. The fraction of sp³-hybridized carbons (Fsp3) is 0.192. The number of fused-ring (bicyclic) bond motifs is 2. The van der Waals surface area contributed by atoms with Crippen LogP contribution in [0.25, 0.3) is 27.7 Å². The summed E-state index contributed by atoms with van der Waals surface area (Å²) < 4.78 is 44.0. The number of carboxylic acids is 1. The Balaban J connectivity index is 1.92. The number of hydrogen-bond acceptors (Lipinski definition) is 3. The van der Waals surface area contributed by atoms with E-state index in [0.717, 1.165) is 27.7 Å². The van der Waals surface area contributed by atoms with Crippen LogP contribution in [0.3, 0.4) is 0 Å². The number of halogens is 3. The smallest absolute Gasteiger partial charge is 0.354 e. The first-order valence-corrected chi connectivity index (χ1v) is 10.8. The van der Waals surface area contributed by atoms with Gasteiger partial charge in [0.2, 0.25) is 0 Å². The van der Waals surface area contributed by atoms with Crippen LogP contribution in [-0.4, -0.2) is 26.8 Å². The molecule has 5 rings (SSSR count). The third-order valence-corrected chi connectivity index (χ3v) is 6.01. The molecule has 4 aromatic rings. The molecule has 0 unspecified atom stereocenters. The van der Waals surface area contributed by atoms with Gasteiger partial charge in [0.1, 0.15) is 17.2 Å². The van der Waals surface area contributed by atoms with Crippen LogP contribution in [0.2, 0.25) is 0 Å². The maximum absolute atomic E-state index is 14.2. The molecule has 0 radical (unpaired) electrons. The first-order valence-electron chi connectivity index (χ1n) is 10.8. The fourth-order valence-corrected chi connectivity index (χ4v) is 4.58. The van der Waals surface area contributed by atoms with E-state index in [1.807, 2.05) is 30.5 Å². The van der Waals surface area contributed by atoms with Gasteiger partial charge in [0.15, 0.2) is 0 Å². The van der Waals surface area contributed by atoms with Crippen LogP contribution in [0.1, 0.15) is 59.2 Å². The molecule has 8 heteroatoms. The average Bonchev–Trinajstić information content (AvgIpc) is 3.39. The Bertz CT molecular complexity index is 1470. The lowest BCUT2D eigenvalue weighted by Gasteiger charge is -2.17. The zero-order valence-corrected chi connectivity index (χ0v) is 18.4. The van der Waals surface area contributed by atoms with E-state index in [4.69, 9.17) is 0 Å². The van der Waals surface area contributed by atoms with E-state index < -0.39 is 23.8 Å². The lowest BCUT2D eigenvalue weighted by Crippen LogP contribution is -2.07. The van der Waals surface area contributed by atoms with Crippen molar-refractivity contribution in [3.63, 3.8) is 0 Å². The Morgan fingerprint density at radius 1 is 1.09 bits per heavy atom. The van der Waals surface area contributed by atoms with E-state index in [0.29, 0.717) is 17.8 Å². The van der Waals surface area contributed by atoms with Crippen molar-refractivity contribution in [1.82, 2.24) is 9.55 Å². The molecule has 1 N–H and O–H groups in total. The molecule has 0 bridgehead atoms. The lowest BCUT2D eigenvalue weighted by molar-refractivity contribution is 0.0689. The van der Waals surface area contributed by atoms with Crippen molar-refractivity contribution in [3.8, 4) is 16.8 Å². The number of benzene rings is 2. The van der Waals surface area contributed by atoms with E-state index >= 15 is 0 Å². The Kier molecular flexibility index (Phi) is 5.23. The Morgan fingerprint density at radius 3 is 2.47 bits per heavy atom.